The number of rotatable bonds is 4. The molecule has 1 amide bonds. The molecular formula is C16H16N2O4. The summed E-state index contributed by atoms with van der Waals surface area (Å²) in [6.07, 6.45) is 0. The molecule has 2 aromatic carbocycles. The molecule has 0 radical (unpaired) electrons. The molecule has 2 rings (SSSR count). The Kier molecular flexibility index (Phi) is 4.63. The number of hydrogen-bond donors (Lipinski definition) is 3. The highest BCUT2D eigenvalue weighted by Gasteiger charge is 2.09. The third kappa shape index (κ3) is 3.54. The summed E-state index contributed by atoms with van der Waals surface area (Å²) >= 11 is 0. The van der Waals surface area contributed by atoms with Gasteiger partial charge in [-0.2, -0.15) is 5.10 Å². The van der Waals surface area contributed by atoms with E-state index < -0.39 is 5.91 Å². The van der Waals surface area contributed by atoms with Gasteiger partial charge in [0.15, 0.2) is 0 Å². The van der Waals surface area contributed by atoms with Gasteiger partial charge in [-0.1, -0.05) is 6.07 Å². The fourth-order valence-electron chi connectivity index (χ4n) is 1.84. The van der Waals surface area contributed by atoms with Gasteiger partial charge in [-0.3, -0.25) is 4.79 Å². The lowest BCUT2D eigenvalue weighted by molar-refractivity contribution is 0.0954. The van der Waals surface area contributed by atoms with Gasteiger partial charge in [0.1, 0.15) is 17.2 Å². The normalized spacial score (nSPS) is 11.1. The molecule has 0 bridgehead atoms. The Balaban J connectivity index is 2.17. The Morgan fingerprint density at radius 1 is 1.18 bits per heavy atom. The molecule has 6 nitrogen and oxygen atoms in total. The fraction of sp³-hybridized carbons (Fsp3) is 0.125. The molecule has 0 aliphatic rings. The number of aromatic hydroxyl groups is 2. The average molecular weight is 300 g/mol. The average Bonchev–Trinajstić information content (AvgIpc) is 2.52. The van der Waals surface area contributed by atoms with Crippen molar-refractivity contribution in [3.8, 4) is 17.2 Å². The lowest BCUT2D eigenvalue weighted by atomic mass is 10.1. The number of amides is 1. The lowest BCUT2D eigenvalue weighted by Gasteiger charge is -2.07. The van der Waals surface area contributed by atoms with E-state index in [1.54, 1.807) is 31.2 Å². The minimum atomic E-state index is -0.461. The first-order valence-corrected chi connectivity index (χ1v) is 6.52. The molecule has 0 saturated carbocycles. The molecule has 22 heavy (non-hydrogen) atoms. The van der Waals surface area contributed by atoms with E-state index in [4.69, 9.17) is 4.74 Å². The predicted molar refractivity (Wildman–Crippen MR) is 82.4 cm³/mol. The summed E-state index contributed by atoms with van der Waals surface area (Å²) < 4.78 is 5.09. The summed E-state index contributed by atoms with van der Waals surface area (Å²) in [6.45, 7) is 1.65. The lowest BCUT2D eigenvalue weighted by Crippen LogP contribution is -2.19. The number of nitrogens with one attached hydrogen (secondary N) is 1. The summed E-state index contributed by atoms with van der Waals surface area (Å²) in [4.78, 5) is 11.9. The highest BCUT2D eigenvalue weighted by Crippen LogP contribution is 2.23. The zero-order chi connectivity index (χ0) is 16.1. The van der Waals surface area contributed by atoms with Crippen molar-refractivity contribution in [3.05, 3.63) is 53.6 Å². The Morgan fingerprint density at radius 2 is 1.95 bits per heavy atom. The SMILES string of the molecule is COc1ccc(O)c(/C(C)=N/NC(=O)c2cccc(O)c2)c1. The molecule has 6 heteroatoms. The molecule has 0 saturated heterocycles. The van der Waals surface area contributed by atoms with Gasteiger partial charge in [-0.05, 0) is 43.3 Å². The minimum absolute atomic E-state index is 0.00112. The molecule has 0 atom stereocenters. The molecule has 0 unspecified atom stereocenters. The quantitative estimate of drug-likeness (QED) is 0.596. The van der Waals surface area contributed by atoms with E-state index in [9.17, 15) is 15.0 Å². The van der Waals surface area contributed by atoms with Crippen LogP contribution in [-0.4, -0.2) is 28.9 Å². The van der Waals surface area contributed by atoms with Gasteiger partial charge in [-0.25, -0.2) is 5.43 Å². The van der Waals surface area contributed by atoms with Crippen LogP contribution in [0.25, 0.3) is 0 Å². The number of benzene rings is 2. The zero-order valence-corrected chi connectivity index (χ0v) is 12.2. The highest BCUT2D eigenvalue weighted by molar-refractivity contribution is 6.03. The smallest absolute Gasteiger partial charge is 0.271 e. The molecule has 3 N–H and O–H groups in total. The summed E-state index contributed by atoms with van der Waals surface area (Å²) in [5, 5.41) is 23.1. The van der Waals surface area contributed by atoms with Crippen LogP contribution in [0.2, 0.25) is 0 Å². The van der Waals surface area contributed by atoms with Crippen LogP contribution in [0.5, 0.6) is 17.2 Å². The van der Waals surface area contributed by atoms with Crippen LogP contribution in [0.4, 0.5) is 0 Å². The second-order valence-corrected chi connectivity index (χ2v) is 4.57. The van der Waals surface area contributed by atoms with Crippen molar-refractivity contribution in [1.29, 1.82) is 0 Å². The van der Waals surface area contributed by atoms with Crippen molar-refractivity contribution in [2.75, 3.05) is 7.11 Å². The maximum atomic E-state index is 11.9. The maximum absolute atomic E-state index is 11.9. The number of carbonyl (C=O) groups excluding carboxylic acids is 1. The third-order valence-electron chi connectivity index (χ3n) is 3.03. The fourth-order valence-corrected chi connectivity index (χ4v) is 1.84. The predicted octanol–water partition coefficient (Wildman–Crippen LogP) is 2.26. The van der Waals surface area contributed by atoms with Crippen molar-refractivity contribution in [3.63, 3.8) is 0 Å². The van der Waals surface area contributed by atoms with Crippen LogP contribution >= 0.6 is 0 Å². The Morgan fingerprint density at radius 3 is 2.64 bits per heavy atom. The van der Waals surface area contributed by atoms with Crippen LogP contribution in [0.15, 0.2) is 47.6 Å². The Labute approximate surface area is 127 Å². The van der Waals surface area contributed by atoms with E-state index in [1.807, 2.05) is 0 Å². The molecule has 0 heterocycles. The number of phenolic OH excluding ortho intramolecular Hbond substituents is 2. The van der Waals surface area contributed by atoms with Gasteiger partial charge in [0.2, 0.25) is 0 Å². The van der Waals surface area contributed by atoms with Gasteiger partial charge in [0, 0.05) is 11.1 Å². The van der Waals surface area contributed by atoms with E-state index in [1.165, 1.54) is 25.3 Å². The van der Waals surface area contributed by atoms with Gasteiger partial charge >= 0.3 is 0 Å². The maximum Gasteiger partial charge on any atom is 0.271 e. The zero-order valence-electron chi connectivity index (χ0n) is 12.2. The van der Waals surface area contributed by atoms with Gasteiger partial charge in [-0.15, -0.1) is 0 Å². The molecule has 0 aliphatic carbocycles. The number of methoxy groups -OCH3 is 1. The van der Waals surface area contributed by atoms with Gasteiger partial charge < -0.3 is 14.9 Å². The van der Waals surface area contributed by atoms with Crippen LogP contribution in [-0.2, 0) is 0 Å². The van der Waals surface area contributed by atoms with Gasteiger partial charge in [0.05, 0.1) is 12.8 Å². The molecule has 0 aliphatic heterocycles. The van der Waals surface area contributed by atoms with E-state index in [0.29, 0.717) is 17.0 Å². The first kappa shape index (κ1) is 15.4. The van der Waals surface area contributed by atoms with E-state index in [-0.39, 0.29) is 17.1 Å². The number of nitrogens with zero attached hydrogens (tertiary/aromatic N) is 1. The van der Waals surface area contributed by atoms with Crippen molar-refractivity contribution in [1.82, 2.24) is 5.43 Å². The van der Waals surface area contributed by atoms with Crippen molar-refractivity contribution in [2.45, 2.75) is 6.92 Å². The molecule has 114 valence electrons. The van der Waals surface area contributed by atoms with Crippen LogP contribution in [0.3, 0.4) is 0 Å². The highest BCUT2D eigenvalue weighted by atomic mass is 16.5. The van der Waals surface area contributed by atoms with E-state index >= 15 is 0 Å². The van der Waals surface area contributed by atoms with Crippen LogP contribution < -0.4 is 10.2 Å². The second-order valence-electron chi connectivity index (χ2n) is 4.57. The number of carbonyl (C=O) groups is 1. The largest absolute Gasteiger partial charge is 0.508 e. The molecule has 0 spiro atoms. The molecule has 2 aromatic rings. The third-order valence-corrected chi connectivity index (χ3v) is 3.03. The summed E-state index contributed by atoms with van der Waals surface area (Å²) in [5.41, 5.74) is 3.53. The summed E-state index contributed by atoms with van der Waals surface area (Å²) in [6, 6.07) is 10.7. The van der Waals surface area contributed by atoms with Crippen molar-refractivity contribution in [2.24, 2.45) is 5.10 Å². The van der Waals surface area contributed by atoms with E-state index in [0.717, 1.165) is 0 Å². The summed E-state index contributed by atoms with van der Waals surface area (Å²) in [5.74, 6) is 0.145. The summed E-state index contributed by atoms with van der Waals surface area (Å²) in [7, 11) is 1.52. The number of hydrogen-bond acceptors (Lipinski definition) is 5. The first-order valence-electron chi connectivity index (χ1n) is 6.52. The van der Waals surface area contributed by atoms with Crippen molar-refractivity contribution >= 4 is 11.6 Å². The second kappa shape index (κ2) is 6.62. The number of hydrazone groups is 1. The monoisotopic (exact) mass is 300 g/mol. The standard InChI is InChI=1S/C16H16N2O4/c1-10(14-9-13(22-2)6-7-15(14)20)17-18-16(21)11-4-3-5-12(19)8-11/h3-9,19-20H,1-2H3,(H,18,21)/b17-10+. The number of ether oxygens (including phenoxy) is 1. The van der Waals surface area contributed by atoms with Gasteiger partial charge in [0.25, 0.3) is 5.91 Å². The van der Waals surface area contributed by atoms with Crippen molar-refractivity contribution < 1.29 is 19.7 Å². The Bertz CT molecular complexity index is 726. The first-order chi connectivity index (χ1) is 10.5. The number of phenols is 2. The topological polar surface area (TPSA) is 91.2 Å². The van der Waals surface area contributed by atoms with Crippen LogP contribution in [0.1, 0.15) is 22.8 Å². The van der Waals surface area contributed by atoms with Crippen LogP contribution in [0, 0.1) is 0 Å². The molecule has 0 fully saturated rings. The molecule has 0 aromatic heterocycles. The minimum Gasteiger partial charge on any atom is -0.508 e. The van der Waals surface area contributed by atoms with E-state index in [2.05, 4.69) is 10.5 Å². The molecular weight excluding hydrogens is 284 g/mol. The Hall–Kier alpha value is -3.02.